The van der Waals surface area contributed by atoms with Crippen LogP contribution in [0.5, 0.6) is 0 Å². The van der Waals surface area contributed by atoms with Gasteiger partial charge in [-0.25, -0.2) is 0 Å². The van der Waals surface area contributed by atoms with Gasteiger partial charge in [0.25, 0.3) is 0 Å². The lowest BCUT2D eigenvalue weighted by Crippen LogP contribution is -1.98. The molecule has 0 aliphatic heterocycles. The van der Waals surface area contributed by atoms with Crippen LogP contribution in [0.3, 0.4) is 0 Å². The summed E-state index contributed by atoms with van der Waals surface area (Å²) in [6.07, 6.45) is 7.96. The standard InChI is InChI=1S/C13H14N2O/c1-2-13(16)12-5-7-15(10-12)9-11-4-3-6-14-8-11/h3-8,10H,2,9H2,1H3. The number of hydrogen-bond donors (Lipinski definition) is 0. The molecule has 0 fully saturated rings. The molecule has 0 atom stereocenters. The van der Waals surface area contributed by atoms with Crippen LogP contribution in [0.15, 0.2) is 43.0 Å². The van der Waals surface area contributed by atoms with Crippen LogP contribution in [-0.2, 0) is 6.54 Å². The number of rotatable bonds is 4. The molecule has 3 heteroatoms. The lowest BCUT2D eigenvalue weighted by atomic mass is 10.2. The van der Waals surface area contributed by atoms with Crippen LogP contribution < -0.4 is 0 Å². The SMILES string of the molecule is CCC(=O)c1ccn(Cc2cccnc2)c1. The summed E-state index contributed by atoms with van der Waals surface area (Å²) < 4.78 is 2.00. The number of hydrogen-bond acceptors (Lipinski definition) is 2. The van der Waals surface area contributed by atoms with Gasteiger partial charge in [0.2, 0.25) is 0 Å². The van der Waals surface area contributed by atoms with Gasteiger partial charge in [-0.2, -0.15) is 0 Å². The molecule has 0 aliphatic carbocycles. The first-order chi connectivity index (χ1) is 7.79. The third kappa shape index (κ3) is 2.37. The highest BCUT2D eigenvalue weighted by molar-refractivity contribution is 5.95. The van der Waals surface area contributed by atoms with E-state index < -0.39 is 0 Å². The number of Topliss-reactive ketones (excluding diaryl/α,β-unsaturated/α-hetero) is 1. The monoisotopic (exact) mass is 214 g/mol. The second-order valence-corrected chi connectivity index (χ2v) is 3.71. The predicted molar refractivity (Wildman–Crippen MR) is 62.4 cm³/mol. The van der Waals surface area contributed by atoms with E-state index >= 15 is 0 Å². The third-order valence-corrected chi connectivity index (χ3v) is 2.48. The zero-order chi connectivity index (χ0) is 11.4. The van der Waals surface area contributed by atoms with Crippen molar-refractivity contribution in [3.8, 4) is 0 Å². The van der Waals surface area contributed by atoms with Crippen LogP contribution in [0.1, 0.15) is 29.3 Å². The van der Waals surface area contributed by atoms with Gasteiger partial charge >= 0.3 is 0 Å². The minimum atomic E-state index is 0.185. The minimum Gasteiger partial charge on any atom is -0.349 e. The number of carbonyl (C=O) groups excluding carboxylic acids is 1. The quantitative estimate of drug-likeness (QED) is 0.733. The van der Waals surface area contributed by atoms with E-state index in [2.05, 4.69) is 4.98 Å². The maximum Gasteiger partial charge on any atom is 0.164 e. The topological polar surface area (TPSA) is 34.9 Å². The Labute approximate surface area is 94.7 Å². The van der Waals surface area contributed by atoms with E-state index in [0.29, 0.717) is 6.42 Å². The number of carbonyl (C=O) groups is 1. The van der Waals surface area contributed by atoms with Crippen molar-refractivity contribution >= 4 is 5.78 Å². The van der Waals surface area contributed by atoms with Gasteiger partial charge in [0.1, 0.15) is 0 Å². The Bertz CT molecular complexity index is 474. The molecular weight excluding hydrogens is 200 g/mol. The van der Waals surface area contributed by atoms with Gasteiger partial charge in [-0.05, 0) is 17.7 Å². The molecule has 0 unspecified atom stereocenters. The summed E-state index contributed by atoms with van der Waals surface area (Å²) in [6.45, 7) is 2.63. The molecule has 0 aliphatic rings. The van der Waals surface area contributed by atoms with Crippen LogP contribution in [0, 0.1) is 0 Å². The van der Waals surface area contributed by atoms with Gasteiger partial charge in [0, 0.05) is 43.3 Å². The van der Waals surface area contributed by atoms with Crippen molar-refractivity contribution in [3.63, 3.8) is 0 Å². The molecule has 3 nitrogen and oxygen atoms in total. The molecular formula is C13H14N2O. The molecule has 0 bridgehead atoms. The molecule has 0 saturated heterocycles. The largest absolute Gasteiger partial charge is 0.349 e. The Kier molecular flexibility index (Phi) is 3.15. The summed E-state index contributed by atoms with van der Waals surface area (Å²) in [5.74, 6) is 0.185. The van der Waals surface area contributed by atoms with E-state index in [0.717, 1.165) is 17.7 Å². The maximum atomic E-state index is 11.5. The summed E-state index contributed by atoms with van der Waals surface area (Å²) in [5.41, 5.74) is 1.92. The van der Waals surface area contributed by atoms with E-state index in [4.69, 9.17) is 0 Å². The molecule has 0 saturated carbocycles. The first kappa shape index (κ1) is 10.6. The first-order valence-corrected chi connectivity index (χ1v) is 5.37. The normalized spacial score (nSPS) is 10.3. The highest BCUT2D eigenvalue weighted by Crippen LogP contribution is 2.07. The highest BCUT2D eigenvalue weighted by Gasteiger charge is 2.04. The molecule has 2 aromatic rings. The fourth-order valence-electron chi connectivity index (χ4n) is 1.61. The van der Waals surface area contributed by atoms with Crippen LogP contribution in [0.25, 0.3) is 0 Å². The van der Waals surface area contributed by atoms with Gasteiger partial charge in [0.05, 0.1) is 0 Å². The second kappa shape index (κ2) is 4.75. The lowest BCUT2D eigenvalue weighted by Gasteiger charge is -2.01. The van der Waals surface area contributed by atoms with Crippen LogP contribution in [0.4, 0.5) is 0 Å². The summed E-state index contributed by atoms with van der Waals surface area (Å²) in [7, 11) is 0. The third-order valence-electron chi connectivity index (χ3n) is 2.48. The molecule has 2 aromatic heterocycles. The zero-order valence-electron chi connectivity index (χ0n) is 9.26. The fraction of sp³-hybridized carbons (Fsp3) is 0.231. The van der Waals surface area contributed by atoms with Crippen molar-refractivity contribution in [1.82, 2.24) is 9.55 Å². The van der Waals surface area contributed by atoms with E-state index in [1.807, 2.05) is 48.3 Å². The summed E-state index contributed by atoms with van der Waals surface area (Å²) in [6, 6.07) is 5.80. The van der Waals surface area contributed by atoms with Gasteiger partial charge in [-0.1, -0.05) is 13.0 Å². The van der Waals surface area contributed by atoms with Gasteiger partial charge in [-0.3, -0.25) is 9.78 Å². The Morgan fingerprint density at radius 2 is 2.31 bits per heavy atom. The Hall–Kier alpha value is -1.90. The van der Waals surface area contributed by atoms with Crippen molar-refractivity contribution in [2.75, 3.05) is 0 Å². The molecule has 0 radical (unpaired) electrons. The predicted octanol–water partition coefficient (Wildman–Crippen LogP) is 2.52. The Morgan fingerprint density at radius 1 is 1.44 bits per heavy atom. The van der Waals surface area contributed by atoms with E-state index in [1.165, 1.54) is 0 Å². The van der Waals surface area contributed by atoms with Gasteiger partial charge in [-0.15, -0.1) is 0 Å². The van der Waals surface area contributed by atoms with Crippen molar-refractivity contribution < 1.29 is 4.79 Å². The lowest BCUT2D eigenvalue weighted by molar-refractivity contribution is 0.0988. The van der Waals surface area contributed by atoms with Gasteiger partial charge in [0.15, 0.2) is 5.78 Å². The average molecular weight is 214 g/mol. The highest BCUT2D eigenvalue weighted by atomic mass is 16.1. The van der Waals surface area contributed by atoms with E-state index in [9.17, 15) is 4.79 Å². The van der Waals surface area contributed by atoms with Crippen LogP contribution >= 0.6 is 0 Å². The maximum absolute atomic E-state index is 11.5. The molecule has 2 heterocycles. The van der Waals surface area contributed by atoms with E-state index in [-0.39, 0.29) is 5.78 Å². The molecule has 0 aromatic carbocycles. The molecule has 0 N–H and O–H groups in total. The van der Waals surface area contributed by atoms with Crippen LogP contribution in [0.2, 0.25) is 0 Å². The van der Waals surface area contributed by atoms with Gasteiger partial charge < -0.3 is 4.57 Å². The summed E-state index contributed by atoms with van der Waals surface area (Å²) in [5, 5.41) is 0. The molecule has 0 amide bonds. The average Bonchev–Trinajstić information content (AvgIpc) is 2.78. The first-order valence-electron chi connectivity index (χ1n) is 5.37. The molecule has 2 rings (SSSR count). The minimum absolute atomic E-state index is 0.185. The molecule has 0 spiro atoms. The number of aromatic nitrogens is 2. The Morgan fingerprint density at radius 3 is 3.00 bits per heavy atom. The van der Waals surface area contributed by atoms with E-state index in [1.54, 1.807) is 6.20 Å². The zero-order valence-corrected chi connectivity index (χ0v) is 9.26. The Balaban J connectivity index is 2.12. The molecule has 82 valence electrons. The number of ketones is 1. The van der Waals surface area contributed by atoms with Crippen molar-refractivity contribution in [2.24, 2.45) is 0 Å². The van der Waals surface area contributed by atoms with Crippen molar-refractivity contribution in [2.45, 2.75) is 19.9 Å². The second-order valence-electron chi connectivity index (χ2n) is 3.71. The van der Waals surface area contributed by atoms with Crippen LogP contribution in [-0.4, -0.2) is 15.3 Å². The van der Waals surface area contributed by atoms with Crippen molar-refractivity contribution in [3.05, 3.63) is 54.1 Å². The number of nitrogens with zero attached hydrogens (tertiary/aromatic N) is 2. The summed E-state index contributed by atoms with van der Waals surface area (Å²) in [4.78, 5) is 15.5. The molecule has 16 heavy (non-hydrogen) atoms. The number of pyridine rings is 1. The van der Waals surface area contributed by atoms with Crippen molar-refractivity contribution in [1.29, 1.82) is 0 Å². The summed E-state index contributed by atoms with van der Waals surface area (Å²) >= 11 is 0. The smallest absolute Gasteiger partial charge is 0.164 e. The fourth-order valence-corrected chi connectivity index (χ4v) is 1.61.